The molecule has 0 spiro atoms. The second-order valence-corrected chi connectivity index (χ2v) is 13.5. The number of carbonyl (C=O) groups excluding carboxylic acids is 1. The third-order valence-electron chi connectivity index (χ3n) is 10.1. The van der Waals surface area contributed by atoms with Gasteiger partial charge in [-0.25, -0.2) is 0 Å². The summed E-state index contributed by atoms with van der Waals surface area (Å²) in [4.78, 5) is 17.6. The van der Waals surface area contributed by atoms with Gasteiger partial charge in [-0.05, 0) is 50.9 Å². The summed E-state index contributed by atoms with van der Waals surface area (Å²) in [5.41, 5.74) is 6.62. The average molecular weight is 835 g/mol. The largest absolute Gasteiger partial charge is 0.507 e. The zero-order valence-electron chi connectivity index (χ0n) is 25.9. The number of aryl methyl sites for hydroxylation is 1. The molecular formula is C32H37AcN3O7S. The number of likely N-dealkylation sites (N-methyl/N-ethyl adjacent to an activating group) is 1. The van der Waals surface area contributed by atoms with Crippen molar-refractivity contribution in [1.29, 1.82) is 5.26 Å². The second kappa shape index (κ2) is 12.1. The van der Waals surface area contributed by atoms with E-state index in [1.807, 2.05) is 13.8 Å². The van der Waals surface area contributed by atoms with Gasteiger partial charge in [0, 0.05) is 91.3 Å². The van der Waals surface area contributed by atoms with Crippen LogP contribution in [0.3, 0.4) is 0 Å². The molecule has 2 saturated heterocycles. The van der Waals surface area contributed by atoms with Crippen LogP contribution in [0.1, 0.15) is 63.2 Å². The molecule has 0 aliphatic carbocycles. The van der Waals surface area contributed by atoms with Gasteiger partial charge in [0.25, 0.3) is 0 Å². The Bertz CT molecular complexity index is 1560. The Morgan fingerprint density at radius 1 is 1.14 bits per heavy atom. The SMILES string of the molecule is COCOc1c(C)c(C)cc2c1[C@H]1C3[C@@H]4SC[C@H](C)C(=O)OC[C@H](c5c6c(c(C)c(O)c54)OCO6)N3[C@@H](C#N)[C@H](C2)N1C.[Ac]. The quantitative estimate of drug-likeness (QED) is 0.355. The van der Waals surface area contributed by atoms with Crippen molar-refractivity contribution in [3.8, 4) is 29.1 Å². The molecule has 2 aromatic carbocycles. The third kappa shape index (κ3) is 4.59. The predicted octanol–water partition coefficient (Wildman–Crippen LogP) is 4.22. The number of methoxy groups -OCH3 is 1. The summed E-state index contributed by atoms with van der Waals surface area (Å²) in [6.45, 7) is 8.09. The molecule has 5 aliphatic heterocycles. The van der Waals surface area contributed by atoms with Gasteiger partial charge < -0.3 is 28.8 Å². The van der Waals surface area contributed by atoms with E-state index in [-0.39, 0.29) is 105 Å². The van der Waals surface area contributed by atoms with Gasteiger partial charge in [0.15, 0.2) is 18.3 Å². The maximum atomic E-state index is 13.1. The maximum absolute atomic E-state index is 13.1. The molecule has 0 saturated carbocycles. The number of aromatic hydroxyl groups is 1. The number of ether oxygens (including phenoxy) is 5. The number of phenols is 1. The molecular weight excluding hydrogens is 797 g/mol. The topological polar surface area (TPSA) is 114 Å². The molecule has 12 heteroatoms. The summed E-state index contributed by atoms with van der Waals surface area (Å²) in [7, 11) is 3.71. The van der Waals surface area contributed by atoms with E-state index in [0.717, 1.165) is 33.6 Å². The number of rotatable bonds is 3. The van der Waals surface area contributed by atoms with Gasteiger partial charge in [-0.15, -0.1) is 0 Å². The fraction of sp³-hybridized carbons (Fsp3) is 0.562. The number of nitriles is 1. The van der Waals surface area contributed by atoms with Gasteiger partial charge in [0.05, 0.1) is 29.3 Å². The number of hydrogen-bond donors (Lipinski definition) is 1. The molecule has 2 fully saturated rings. The number of piperazine rings is 1. The van der Waals surface area contributed by atoms with Crippen molar-refractivity contribution in [3.63, 3.8) is 0 Å². The van der Waals surface area contributed by atoms with Crippen molar-refractivity contribution >= 4 is 17.7 Å². The Hall–Kier alpha value is -1.73. The number of thioether (sulfide) groups is 1. The van der Waals surface area contributed by atoms with Crippen LogP contribution in [0, 0.1) is 82.1 Å². The minimum absolute atomic E-state index is 0. The van der Waals surface area contributed by atoms with E-state index in [9.17, 15) is 15.2 Å². The molecule has 5 heterocycles. The van der Waals surface area contributed by atoms with E-state index in [4.69, 9.17) is 23.7 Å². The van der Waals surface area contributed by atoms with Crippen molar-refractivity contribution < 1.29 is 77.6 Å². The van der Waals surface area contributed by atoms with Crippen LogP contribution in [-0.4, -0.2) is 79.1 Å². The van der Waals surface area contributed by atoms with Crippen molar-refractivity contribution in [2.75, 3.05) is 40.1 Å². The third-order valence-corrected chi connectivity index (χ3v) is 11.7. The summed E-state index contributed by atoms with van der Waals surface area (Å²) < 4.78 is 29.6. The number of hydrogen-bond acceptors (Lipinski definition) is 11. The average Bonchev–Trinajstić information content (AvgIpc) is 3.48. The summed E-state index contributed by atoms with van der Waals surface area (Å²) in [5.74, 6) is 1.96. The monoisotopic (exact) mass is 834 g/mol. The first kappa shape index (κ1) is 32.2. The fourth-order valence-corrected chi connectivity index (χ4v) is 9.47. The van der Waals surface area contributed by atoms with E-state index < -0.39 is 12.1 Å². The van der Waals surface area contributed by atoms with Crippen LogP contribution in [-0.2, 0) is 20.7 Å². The Balaban J connectivity index is 0.00000343. The number of cyclic esters (lactones) is 1. The minimum atomic E-state index is -0.521. The van der Waals surface area contributed by atoms with E-state index in [1.54, 1.807) is 18.9 Å². The number of benzene rings is 2. The van der Waals surface area contributed by atoms with E-state index in [0.29, 0.717) is 29.2 Å². The molecule has 0 amide bonds. The van der Waals surface area contributed by atoms with Crippen LogP contribution in [0.5, 0.6) is 23.0 Å². The molecule has 231 valence electrons. The van der Waals surface area contributed by atoms with E-state index in [1.165, 1.54) is 5.56 Å². The van der Waals surface area contributed by atoms with Crippen LogP contribution in [0.4, 0.5) is 0 Å². The smallest absolute Gasteiger partial charge is 0.309 e. The van der Waals surface area contributed by atoms with Crippen molar-refractivity contribution in [2.45, 2.75) is 69.6 Å². The van der Waals surface area contributed by atoms with E-state index in [2.05, 4.69) is 42.8 Å². The summed E-state index contributed by atoms with van der Waals surface area (Å²) in [5, 5.41) is 22.4. The molecule has 4 bridgehead atoms. The van der Waals surface area contributed by atoms with Gasteiger partial charge in [0.1, 0.15) is 24.1 Å². The first-order valence-corrected chi connectivity index (χ1v) is 15.8. The Morgan fingerprint density at radius 2 is 1.89 bits per heavy atom. The number of fused-ring (bicyclic) bond motifs is 9. The molecule has 1 N–H and O–H groups in total. The molecule has 1 radical (unpaired) electrons. The Labute approximate surface area is 297 Å². The van der Waals surface area contributed by atoms with Crippen molar-refractivity contribution in [1.82, 2.24) is 9.80 Å². The molecule has 7 rings (SSSR count). The molecule has 7 atom stereocenters. The van der Waals surface area contributed by atoms with Crippen LogP contribution in [0.2, 0.25) is 0 Å². The molecule has 0 aromatic heterocycles. The minimum Gasteiger partial charge on any atom is -0.507 e. The zero-order chi connectivity index (χ0) is 30.3. The molecule has 2 aromatic rings. The number of phenolic OH excluding ortho intramolecular Hbond substituents is 1. The molecule has 44 heavy (non-hydrogen) atoms. The normalized spacial score (nSPS) is 30.3. The van der Waals surface area contributed by atoms with Crippen molar-refractivity contribution in [2.24, 2.45) is 5.92 Å². The number of esters is 1. The number of carbonyl (C=O) groups is 1. The van der Waals surface area contributed by atoms with E-state index >= 15 is 0 Å². The van der Waals surface area contributed by atoms with Crippen LogP contribution in [0.15, 0.2) is 6.07 Å². The zero-order valence-corrected chi connectivity index (χ0v) is 31.4. The summed E-state index contributed by atoms with van der Waals surface area (Å²) in [6.07, 6.45) is 0.666. The van der Waals surface area contributed by atoms with Crippen LogP contribution >= 0.6 is 11.8 Å². The summed E-state index contributed by atoms with van der Waals surface area (Å²) >= 11 is 1.63. The van der Waals surface area contributed by atoms with Gasteiger partial charge in [-0.1, -0.05) is 13.0 Å². The molecule has 1 unspecified atom stereocenters. The first-order chi connectivity index (χ1) is 20.7. The van der Waals surface area contributed by atoms with Crippen LogP contribution in [0.25, 0.3) is 0 Å². The van der Waals surface area contributed by atoms with Gasteiger partial charge in [-0.3, -0.25) is 14.6 Å². The number of nitrogens with zero attached hydrogens (tertiary/aromatic N) is 3. The standard InChI is InChI=1S/C32H37N3O7S.Ac/c1-14-7-18-8-19-20(9-33)35-21-10-39-32(37)15(2)11-43-31(24-23(21)30-29(41-13-42-30)17(4)27(24)36)26(35)25(34(19)5)22(18)28(16(14)3)40-12-38-6;/h7,15,19-21,25-26,31,36H,8,10-13H2,1-6H3;/t15-,19-,20-,21+,25-,26?,31+;/m0./s1. The molecule has 10 nitrogen and oxygen atoms in total. The first-order valence-electron chi connectivity index (χ1n) is 14.8. The molecule has 5 aliphatic rings. The summed E-state index contributed by atoms with van der Waals surface area (Å²) in [6, 6.07) is 3.32. The predicted molar refractivity (Wildman–Crippen MR) is 158 cm³/mol. The van der Waals surface area contributed by atoms with Crippen LogP contribution < -0.4 is 14.2 Å². The maximum Gasteiger partial charge on any atom is 0.309 e. The Kier molecular flexibility index (Phi) is 8.89. The van der Waals surface area contributed by atoms with Gasteiger partial charge >= 0.3 is 5.97 Å². The Morgan fingerprint density at radius 3 is 2.61 bits per heavy atom. The second-order valence-electron chi connectivity index (χ2n) is 12.3. The van der Waals surface area contributed by atoms with Gasteiger partial charge in [0.2, 0.25) is 6.79 Å². The van der Waals surface area contributed by atoms with Gasteiger partial charge in [-0.2, -0.15) is 17.0 Å². The fourth-order valence-electron chi connectivity index (χ4n) is 7.95. The van der Waals surface area contributed by atoms with Crippen molar-refractivity contribution in [3.05, 3.63) is 45.0 Å².